The number of aromatic amines is 1. The Bertz CT molecular complexity index is 1350. The molecule has 4 aromatic heterocycles. The van der Waals surface area contributed by atoms with Gasteiger partial charge in [-0.2, -0.15) is 23.4 Å². The van der Waals surface area contributed by atoms with Crippen molar-refractivity contribution in [3.05, 3.63) is 47.5 Å². The molecule has 0 aromatic carbocycles. The van der Waals surface area contributed by atoms with Crippen LogP contribution in [-0.2, 0) is 6.42 Å². The van der Waals surface area contributed by atoms with Crippen molar-refractivity contribution in [2.24, 2.45) is 0 Å². The average Bonchev–Trinajstić information content (AvgIpc) is 3.45. The maximum Gasteiger partial charge on any atom is 0.393 e. The minimum atomic E-state index is -4.43. The number of nitrogens with zero attached hydrogens (tertiary/aromatic N) is 6. The number of aryl methyl sites for hydroxylation is 1. The van der Waals surface area contributed by atoms with Crippen LogP contribution in [0.3, 0.4) is 0 Å². The number of nitrogens with one attached hydrogen (secondary N) is 1. The van der Waals surface area contributed by atoms with Gasteiger partial charge in [0.05, 0.1) is 24.9 Å². The Morgan fingerprint density at radius 1 is 1.17 bits per heavy atom. The molecule has 35 heavy (non-hydrogen) atoms. The number of aromatic nitrogens is 6. The Morgan fingerprint density at radius 2 is 1.94 bits per heavy atom. The van der Waals surface area contributed by atoms with Crippen molar-refractivity contribution >= 4 is 5.65 Å². The highest BCUT2D eigenvalue weighted by molar-refractivity contribution is 5.75. The molecule has 1 N–H and O–H groups in total. The lowest BCUT2D eigenvalue weighted by atomic mass is 9.87. The molecule has 1 aliphatic heterocycles. The summed E-state index contributed by atoms with van der Waals surface area (Å²) in [6, 6.07) is 3.47. The molecule has 0 atom stereocenters. The number of hydrogen-bond acceptors (Lipinski definition) is 6. The summed E-state index contributed by atoms with van der Waals surface area (Å²) in [5.41, 5.74) is 3.95. The van der Waals surface area contributed by atoms with Crippen LogP contribution in [-0.4, -0.2) is 68.1 Å². The first kappa shape index (κ1) is 23.3. The van der Waals surface area contributed by atoms with E-state index >= 15 is 0 Å². The highest BCUT2D eigenvalue weighted by atomic mass is 19.4. The van der Waals surface area contributed by atoms with E-state index in [4.69, 9.17) is 4.74 Å². The first-order valence-electron chi connectivity index (χ1n) is 11.4. The van der Waals surface area contributed by atoms with E-state index in [9.17, 15) is 13.2 Å². The quantitative estimate of drug-likeness (QED) is 0.451. The van der Waals surface area contributed by atoms with Crippen LogP contribution in [0.5, 0.6) is 5.75 Å². The van der Waals surface area contributed by atoms with Gasteiger partial charge in [-0.3, -0.25) is 10.1 Å². The molecule has 0 aliphatic carbocycles. The Morgan fingerprint density at radius 3 is 2.63 bits per heavy atom. The number of H-pyrrole nitrogens is 1. The van der Waals surface area contributed by atoms with Crippen molar-refractivity contribution in [1.82, 2.24) is 34.7 Å². The predicted molar refractivity (Wildman–Crippen MR) is 124 cm³/mol. The number of hydrogen-bond donors (Lipinski definition) is 1. The Labute approximate surface area is 200 Å². The van der Waals surface area contributed by atoms with Gasteiger partial charge in [-0.05, 0) is 69.1 Å². The molecule has 184 valence electrons. The van der Waals surface area contributed by atoms with Gasteiger partial charge < -0.3 is 9.64 Å². The highest BCUT2D eigenvalue weighted by Gasteiger charge is 2.33. The number of alkyl halides is 3. The number of halogens is 3. The second-order valence-electron chi connectivity index (χ2n) is 9.05. The van der Waals surface area contributed by atoms with E-state index in [1.54, 1.807) is 18.5 Å². The van der Waals surface area contributed by atoms with Crippen LogP contribution in [0.15, 0.2) is 30.9 Å². The third-order valence-electron chi connectivity index (χ3n) is 6.65. The second-order valence-corrected chi connectivity index (χ2v) is 9.05. The van der Waals surface area contributed by atoms with E-state index in [0.717, 1.165) is 37.1 Å². The molecule has 11 heteroatoms. The second kappa shape index (κ2) is 8.95. The molecule has 1 saturated heterocycles. The number of pyridine rings is 2. The zero-order valence-corrected chi connectivity index (χ0v) is 19.7. The van der Waals surface area contributed by atoms with Crippen molar-refractivity contribution in [3.8, 4) is 28.4 Å². The molecule has 0 radical (unpaired) electrons. The maximum absolute atomic E-state index is 13.7. The van der Waals surface area contributed by atoms with E-state index < -0.39 is 12.6 Å². The summed E-state index contributed by atoms with van der Waals surface area (Å²) in [5.74, 6) is 0.796. The van der Waals surface area contributed by atoms with E-state index in [1.165, 1.54) is 18.0 Å². The summed E-state index contributed by atoms with van der Waals surface area (Å²) in [4.78, 5) is 11.0. The number of likely N-dealkylation sites (tertiary alicyclic amines) is 1. The van der Waals surface area contributed by atoms with E-state index in [0.29, 0.717) is 28.6 Å². The van der Waals surface area contributed by atoms with Crippen LogP contribution in [0.1, 0.15) is 35.4 Å². The molecular formula is C24H26F3N7O. The summed E-state index contributed by atoms with van der Waals surface area (Å²) >= 11 is 0. The fourth-order valence-corrected chi connectivity index (χ4v) is 4.81. The van der Waals surface area contributed by atoms with Crippen LogP contribution >= 0.6 is 0 Å². The lowest BCUT2D eigenvalue weighted by molar-refractivity contribution is -0.127. The van der Waals surface area contributed by atoms with Crippen LogP contribution < -0.4 is 4.74 Å². The van der Waals surface area contributed by atoms with Crippen LogP contribution in [0, 0.1) is 6.92 Å². The zero-order valence-electron chi connectivity index (χ0n) is 19.7. The summed E-state index contributed by atoms with van der Waals surface area (Å²) in [6.07, 6.45) is 1.25. The van der Waals surface area contributed by atoms with Gasteiger partial charge in [0.25, 0.3) is 0 Å². The number of rotatable bonds is 5. The molecule has 0 amide bonds. The van der Waals surface area contributed by atoms with Crippen molar-refractivity contribution in [2.75, 3.05) is 27.2 Å². The summed E-state index contributed by atoms with van der Waals surface area (Å²) in [7, 11) is 3.58. The molecule has 8 nitrogen and oxygen atoms in total. The molecule has 5 heterocycles. The molecule has 0 saturated carbocycles. The molecule has 4 aromatic rings. The lowest BCUT2D eigenvalue weighted by Gasteiger charge is -2.29. The third-order valence-corrected chi connectivity index (χ3v) is 6.65. The van der Waals surface area contributed by atoms with Crippen molar-refractivity contribution in [2.45, 2.75) is 38.3 Å². The number of ether oxygens (including phenoxy) is 1. The topological polar surface area (TPSA) is 84.2 Å². The van der Waals surface area contributed by atoms with Crippen molar-refractivity contribution < 1.29 is 17.9 Å². The molecule has 0 spiro atoms. The summed E-state index contributed by atoms with van der Waals surface area (Å²) in [5, 5.41) is 11.2. The number of methoxy groups -OCH3 is 1. The van der Waals surface area contributed by atoms with Gasteiger partial charge in [0.2, 0.25) is 0 Å². The lowest BCUT2D eigenvalue weighted by Crippen LogP contribution is -2.29. The average molecular weight is 486 g/mol. The van der Waals surface area contributed by atoms with E-state index in [2.05, 4.69) is 37.2 Å². The monoisotopic (exact) mass is 485 g/mol. The predicted octanol–water partition coefficient (Wildman–Crippen LogP) is 4.41. The van der Waals surface area contributed by atoms with E-state index in [-0.39, 0.29) is 17.0 Å². The minimum absolute atomic E-state index is 0.0259. The first-order chi connectivity index (χ1) is 16.7. The van der Waals surface area contributed by atoms with Gasteiger partial charge in [0, 0.05) is 23.5 Å². The van der Waals surface area contributed by atoms with E-state index in [1.807, 2.05) is 13.0 Å². The Hall–Kier alpha value is -3.47. The molecular weight excluding hydrogens is 459 g/mol. The molecule has 1 fully saturated rings. The first-order valence-corrected chi connectivity index (χ1v) is 11.4. The van der Waals surface area contributed by atoms with Gasteiger partial charge in [-0.15, -0.1) is 0 Å². The highest BCUT2D eigenvalue weighted by Crippen LogP contribution is 2.37. The van der Waals surface area contributed by atoms with Gasteiger partial charge in [-0.1, -0.05) is 0 Å². The Balaban J connectivity index is 1.57. The number of piperidine rings is 1. The molecule has 5 rings (SSSR count). The molecule has 1 aliphatic rings. The van der Waals surface area contributed by atoms with Gasteiger partial charge >= 0.3 is 6.18 Å². The van der Waals surface area contributed by atoms with Crippen LogP contribution in [0.2, 0.25) is 0 Å². The van der Waals surface area contributed by atoms with Crippen molar-refractivity contribution in [3.63, 3.8) is 0 Å². The Kier molecular flexibility index (Phi) is 5.96. The minimum Gasteiger partial charge on any atom is -0.493 e. The van der Waals surface area contributed by atoms with Gasteiger partial charge in [0.1, 0.15) is 12.0 Å². The standard InChI is InChI=1S/C24H26F3N7O/c1-14-8-19(28-11-18(14)15-4-6-33(2)7-5-15)22-17(10-24(25,26)27)21(31-32-22)16-9-20(35-3)23-29-13-30-34(23)12-16/h8-9,11-13,15H,4-7,10H2,1-3H3,(H,31,32). The zero-order chi connectivity index (χ0) is 24.7. The van der Waals surface area contributed by atoms with Crippen LogP contribution in [0.25, 0.3) is 28.3 Å². The van der Waals surface area contributed by atoms with Gasteiger partial charge in [0.15, 0.2) is 11.4 Å². The molecule has 0 unspecified atom stereocenters. The smallest absolute Gasteiger partial charge is 0.393 e. The largest absolute Gasteiger partial charge is 0.493 e. The molecule has 0 bridgehead atoms. The summed E-state index contributed by atoms with van der Waals surface area (Å²) in [6.45, 7) is 4.02. The summed E-state index contributed by atoms with van der Waals surface area (Å²) < 4.78 is 47.8. The fraction of sp³-hybridized carbons (Fsp3) is 0.417. The number of fused-ring (bicyclic) bond motifs is 1. The maximum atomic E-state index is 13.7. The third kappa shape index (κ3) is 4.60. The van der Waals surface area contributed by atoms with Crippen LogP contribution in [0.4, 0.5) is 13.2 Å². The van der Waals surface area contributed by atoms with Gasteiger partial charge in [-0.25, -0.2) is 9.50 Å². The SMILES string of the molecule is COc1cc(-c2[nH]nc(-c3cc(C)c(C4CCN(C)CC4)cn3)c2CC(F)(F)F)cn2ncnc12. The van der Waals surface area contributed by atoms with Crippen molar-refractivity contribution in [1.29, 1.82) is 0 Å². The normalized spacial score (nSPS) is 15.7. The fourth-order valence-electron chi connectivity index (χ4n) is 4.81.